The highest BCUT2D eigenvalue weighted by Crippen LogP contribution is 2.23. The average Bonchev–Trinajstić information content (AvgIpc) is 3.30. The number of aryl methyl sites for hydroxylation is 2. The van der Waals surface area contributed by atoms with Crippen LogP contribution in [0.25, 0.3) is 5.13 Å². The van der Waals surface area contributed by atoms with E-state index in [0.717, 1.165) is 22.6 Å². The van der Waals surface area contributed by atoms with Crippen LogP contribution in [0.5, 0.6) is 0 Å². The molecular weight excluding hydrogens is 460 g/mol. The highest BCUT2D eigenvalue weighted by atomic mass is 35.5. The molecule has 0 aliphatic heterocycles. The lowest BCUT2D eigenvalue weighted by Crippen LogP contribution is -2.17. The molecule has 4 rings (SSSR count). The molecule has 0 aliphatic rings. The number of Topliss-reactive ketones (excluding diaryl/α,β-unsaturated/α-hetero) is 1. The van der Waals surface area contributed by atoms with Crippen molar-refractivity contribution in [2.45, 2.75) is 27.2 Å². The van der Waals surface area contributed by atoms with Crippen molar-refractivity contribution in [3.63, 3.8) is 0 Å². The van der Waals surface area contributed by atoms with Gasteiger partial charge in [0.25, 0.3) is 11.5 Å². The minimum Gasteiger partial charge on any atom is -0.321 e. The molecule has 0 saturated carbocycles. The molecule has 0 aliphatic carbocycles. The molecule has 33 heavy (non-hydrogen) atoms. The number of H-pyrrole nitrogens is 1. The number of aromatic amines is 1. The Bertz CT molecular complexity index is 1420. The number of nitrogens with one attached hydrogen (secondary N) is 2. The van der Waals surface area contributed by atoms with Gasteiger partial charge in [0.2, 0.25) is 5.13 Å². The Morgan fingerprint density at radius 2 is 1.88 bits per heavy atom. The summed E-state index contributed by atoms with van der Waals surface area (Å²) < 4.78 is 1.37. The van der Waals surface area contributed by atoms with Crippen LogP contribution in [0, 0.1) is 13.8 Å². The first kappa shape index (κ1) is 22.7. The number of ketones is 1. The fraction of sp³-hybridized carbons (Fsp3) is 0.167. The van der Waals surface area contributed by atoms with Gasteiger partial charge in [0, 0.05) is 34.0 Å². The van der Waals surface area contributed by atoms with Crippen LogP contribution in [-0.4, -0.2) is 26.5 Å². The number of rotatable bonds is 6. The topological polar surface area (TPSA) is 96.9 Å². The zero-order valence-corrected chi connectivity index (χ0v) is 19.8. The highest BCUT2D eigenvalue weighted by molar-refractivity contribution is 7.16. The van der Waals surface area contributed by atoms with Gasteiger partial charge in [0.05, 0.1) is 5.69 Å². The molecule has 9 heteroatoms. The number of nitrogens with zero attached hydrogens (tertiary/aromatic N) is 2. The van der Waals surface area contributed by atoms with Crippen LogP contribution in [0.4, 0.5) is 5.69 Å². The number of carbonyl (C=O) groups is 2. The Labute approximate surface area is 199 Å². The molecule has 0 radical (unpaired) electrons. The van der Waals surface area contributed by atoms with Gasteiger partial charge in [-0.1, -0.05) is 47.2 Å². The number of benzene rings is 2. The lowest BCUT2D eigenvalue weighted by Gasteiger charge is -2.05. The summed E-state index contributed by atoms with van der Waals surface area (Å²) in [5.74, 6) is -0.437. The van der Waals surface area contributed by atoms with Gasteiger partial charge < -0.3 is 5.32 Å². The smallest absolute Gasteiger partial charge is 0.277 e. The van der Waals surface area contributed by atoms with Gasteiger partial charge in [-0.2, -0.15) is 4.68 Å². The third-order valence-corrected chi connectivity index (χ3v) is 6.59. The molecule has 0 saturated heterocycles. The first-order valence-electron chi connectivity index (χ1n) is 10.2. The molecule has 0 spiro atoms. The summed E-state index contributed by atoms with van der Waals surface area (Å²) in [5, 5.41) is 6.88. The van der Waals surface area contributed by atoms with E-state index in [4.69, 9.17) is 11.6 Å². The fourth-order valence-corrected chi connectivity index (χ4v) is 4.47. The summed E-state index contributed by atoms with van der Waals surface area (Å²) in [5.41, 5.74) is 3.64. The Morgan fingerprint density at radius 1 is 1.15 bits per heavy atom. The fourth-order valence-electron chi connectivity index (χ4n) is 3.42. The first-order chi connectivity index (χ1) is 15.7. The van der Waals surface area contributed by atoms with E-state index in [0.29, 0.717) is 44.0 Å². The second-order valence-electron chi connectivity index (χ2n) is 7.66. The summed E-state index contributed by atoms with van der Waals surface area (Å²) in [6.45, 7) is 5.02. The lowest BCUT2D eigenvalue weighted by atomic mass is 10.1. The maximum Gasteiger partial charge on any atom is 0.277 e. The molecule has 0 bridgehead atoms. The predicted molar refractivity (Wildman–Crippen MR) is 130 cm³/mol. The molecule has 4 aromatic rings. The quantitative estimate of drug-likeness (QED) is 0.382. The van der Waals surface area contributed by atoms with Crippen molar-refractivity contribution in [2.24, 2.45) is 0 Å². The molecule has 168 valence electrons. The van der Waals surface area contributed by atoms with Crippen molar-refractivity contribution in [2.75, 3.05) is 5.32 Å². The molecule has 0 unspecified atom stereocenters. The molecular formula is C24H21ClN4O3S. The van der Waals surface area contributed by atoms with E-state index in [-0.39, 0.29) is 17.2 Å². The SMILES string of the molecule is CC(=O)c1cccc(NC(=O)c2sc(-n3[nH]c(C)c(Cc4ccc(Cl)cc4)c3=O)nc2C)c1. The molecule has 2 heterocycles. The first-order valence-corrected chi connectivity index (χ1v) is 11.4. The minimum atomic E-state index is -0.352. The lowest BCUT2D eigenvalue weighted by molar-refractivity contribution is 0.101. The van der Waals surface area contributed by atoms with E-state index in [9.17, 15) is 14.4 Å². The summed E-state index contributed by atoms with van der Waals surface area (Å²) in [4.78, 5) is 42.4. The third kappa shape index (κ3) is 4.81. The number of halogens is 1. The van der Waals surface area contributed by atoms with Gasteiger partial charge in [-0.15, -0.1) is 0 Å². The summed E-state index contributed by atoms with van der Waals surface area (Å²) in [7, 11) is 0. The van der Waals surface area contributed by atoms with E-state index in [1.165, 1.54) is 11.6 Å². The molecule has 2 aromatic heterocycles. The van der Waals surface area contributed by atoms with Crippen molar-refractivity contribution in [3.05, 3.63) is 96.9 Å². The van der Waals surface area contributed by atoms with Crippen LogP contribution in [0.15, 0.2) is 53.3 Å². The predicted octanol–water partition coefficient (Wildman–Crippen LogP) is 4.94. The van der Waals surface area contributed by atoms with Crippen LogP contribution in [0.1, 0.15) is 49.5 Å². The van der Waals surface area contributed by atoms with Crippen LogP contribution in [-0.2, 0) is 6.42 Å². The molecule has 1 amide bonds. The summed E-state index contributed by atoms with van der Waals surface area (Å²) in [6, 6.07) is 14.1. The second kappa shape index (κ2) is 9.17. The number of hydrogen-bond acceptors (Lipinski definition) is 5. The average molecular weight is 481 g/mol. The summed E-state index contributed by atoms with van der Waals surface area (Å²) in [6.07, 6.45) is 0.454. The number of aromatic nitrogens is 3. The van der Waals surface area contributed by atoms with Crippen LogP contribution >= 0.6 is 22.9 Å². The van der Waals surface area contributed by atoms with Crippen LogP contribution in [0.3, 0.4) is 0 Å². The maximum absolute atomic E-state index is 13.1. The Hall–Kier alpha value is -3.49. The standard InChI is InChI=1S/C24H21ClN4O3S/c1-13-20(11-16-7-9-18(25)10-8-16)23(32)29(28-13)24-26-14(2)21(33-24)22(31)27-19-6-4-5-17(12-19)15(3)30/h4-10,12,28H,11H2,1-3H3,(H,27,31). The molecule has 7 nitrogen and oxygen atoms in total. The third-order valence-electron chi connectivity index (χ3n) is 5.20. The monoisotopic (exact) mass is 480 g/mol. The number of hydrogen-bond donors (Lipinski definition) is 2. The largest absolute Gasteiger partial charge is 0.321 e. The zero-order chi connectivity index (χ0) is 23.7. The number of anilines is 1. The van der Waals surface area contributed by atoms with Crippen molar-refractivity contribution < 1.29 is 9.59 Å². The highest BCUT2D eigenvalue weighted by Gasteiger charge is 2.20. The van der Waals surface area contributed by atoms with Crippen molar-refractivity contribution >= 4 is 40.3 Å². The maximum atomic E-state index is 13.1. The van der Waals surface area contributed by atoms with E-state index in [1.54, 1.807) is 43.3 Å². The van der Waals surface area contributed by atoms with Gasteiger partial charge >= 0.3 is 0 Å². The van der Waals surface area contributed by atoms with Crippen molar-refractivity contribution in [1.82, 2.24) is 14.8 Å². The zero-order valence-electron chi connectivity index (χ0n) is 18.2. The van der Waals surface area contributed by atoms with E-state index in [1.807, 2.05) is 19.1 Å². The number of amides is 1. The van der Waals surface area contributed by atoms with Crippen LogP contribution in [0.2, 0.25) is 5.02 Å². The van der Waals surface area contributed by atoms with E-state index >= 15 is 0 Å². The molecule has 0 fully saturated rings. The Kier molecular flexibility index (Phi) is 6.31. The van der Waals surface area contributed by atoms with Gasteiger partial charge in [0.15, 0.2) is 5.78 Å². The Balaban J connectivity index is 1.60. The normalized spacial score (nSPS) is 10.9. The van der Waals surface area contributed by atoms with Gasteiger partial charge in [-0.25, -0.2) is 4.98 Å². The van der Waals surface area contributed by atoms with Crippen molar-refractivity contribution in [3.8, 4) is 5.13 Å². The van der Waals surface area contributed by atoms with E-state index in [2.05, 4.69) is 15.4 Å². The van der Waals surface area contributed by atoms with Gasteiger partial charge in [-0.05, 0) is 50.6 Å². The van der Waals surface area contributed by atoms with Gasteiger partial charge in [0.1, 0.15) is 4.88 Å². The molecule has 2 N–H and O–H groups in total. The number of carbonyl (C=O) groups excluding carboxylic acids is 2. The molecule has 0 atom stereocenters. The molecule has 2 aromatic carbocycles. The Morgan fingerprint density at radius 3 is 2.58 bits per heavy atom. The van der Waals surface area contributed by atoms with Crippen molar-refractivity contribution in [1.29, 1.82) is 0 Å². The number of thiazole rings is 1. The second-order valence-corrected chi connectivity index (χ2v) is 9.08. The van der Waals surface area contributed by atoms with E-state index < -0.39 is 0 Å². The van der Waals surface area contributed by atoms with Gasteiger partial charge in [-0.3, -0.25) is 19.5 Å². The van der Waals surface area contributed by atoms with Crippen LogP contribution < -0.4 is 10.9 Å². The summed E-state index contributed by atoms with van der Waals surface area (Å²) >= 11 is 7.07. The minimum absolute atomic E-state index is 0.0850.